The van der Waals surface area contributed by atoms with Crippen LogP contribution in [-0.4, -0.2) is 38.9 Å². The first kappa shape index (κ1) is 27.3. The number of nitrogen functional groups attached to an aromatic ring is 1. The Balaban J connectivity index is 1.64. The molecular weight excluding hydrogens is 499 g/mol. The molecule has 39 heavy (non-hydrogen) atoms. The molecule has 4 rings (SSSR count). The molecule has 9 nitrogen and oxygen atoms in total. The predicted molar refractivity (Wildman–Crippen MR) is 150 cm³/mol. The fourth-order valence-corrected chi connectivity index (χ4v) is 4.62. The van der Waals surface area contributed by atoms with Gasteiger partial charge >= 0.3 is 5.97 Å². The van der Waals surface area contributed by atoms with E-state index < -0.39 is 11.8 Å². The van der Waals surface area contributed by atoms with Gasteiger partial charge in [-0.25, -0.2) is 9.37 Å². The highest BCUT2D eigenvalue weighted by Crippen LogP contribution is 2.25. The van der Waals surface area contributed by atoms with E-state index in [0.717, 1.165) is 16.6 Å². The van der Waals surface area contributed by atoms with Crippen molar-refractivity contribution >= 4 is 40.1 Å². The van der Waals surface area contributed by atoms with E-state index in [0.29, 0.717) is 34.7 Å². The molecule has 0 radical (unpaired) electrons. The Hall–Kier alpha value is -4.73. The maximum Gasteiger partial charge on any atom is 0.305 e. The zero-order valence-corrected chi connectivity index (χ0v) is 22.1. The van der Waals surface area contributed by atoms with Gasteiger partial charge in [0.25, 0.3) is 5.91 Å². The molecule has 0 aliphatic rings. The second kappa shape index (κ2) is 11.3. The predicted octanol–water partition coefficient (Wildman–Crippen LogP) is 4.83. The fourth-order valence-electron chi connectivity index (χ4n) is 4.62. The van der Waals surface area contributed by atoms with E-state index in [1.165, 1.54) is 17.0 Å². The number of rotatable bonds is 10. The van der Waals surface area contributed by atoms with E-state index >= 15 is 0 Å². The Morgan fingerprint density at radius 3 is 2.38 bits per heavy atom. The summed E-state index contributed by atoms with van der Waals surface area (Å²) in [4.78, 5) is 31.1. The van der Waals surface area contributed by atoms with Gasteiger partial charge in [0.1, 0.15) is 17.5 Å². The number of aliphatic carboxylic acids is 1. The summed E-state index contributed by atoms with van der Waals surface area (Å²) in [5.41, 5.74) is 10.4. The smallest absolute Gasteiger partial charge is 0.305 e. The Labute approximate surface area is 225 Å². The first-order valence-electron chi connectivity index (χ1n) is 12.6. The van der Waals surface area contributed by atoms with Gasteiger partial charge in [0, 0.05) is 29.9 Å². The molecular formula is C29H31FN6O3. The Morgan fingerprint density at radius 2 is 1.77 bits per heavy atom. The van der Waals surface area contributed by atoms with E-state index in [1.54, 1.807) is 18.2 Å². The van der Waals surface area contributed by atoms with Crippen LogP contribution in [0, 0.1) is 25.1 Å². The van der Waals surface area contributed by atoms with Gasteiger partial charge < -0.3 is 25.6 Å². The zero-order chi connectivity index (χ0) is 28.3. The zero-order valence-electron chi connectivity index (χ0n) is 22.1. The average Bonchev–Trinajstić information content (AvgIpc) is 3.23. The van der Waals surface area contributed by atoms with Crippen molar-refractivity contribution in [1.29, 1.82) is 5.41 Å². The number of fused-ring (bicyclic) bond motifs is 1. The van der Waals surface area contributed by atoms with Gasteiger partial charge in [0.15, 0.2) is 0 Å². The van der Waals surface area contributed by atoms with Gasteiger partial charge in [-0.1, -0.05) is 6.07 Å². The highest BCUT2D eigenvalue weighted by Gasteiger charge is 2.21. The van der Waals surface area contributed by atoms with Crippen molar-refractivity contribution in [2.75, 3.05) is 16.8 Å². The van der Waals surface area contributed by atoms with E-state index in [1.807, 2.05) is 49.6 Å². The van der Waals surface area contributed by atoms with Crippen LogP contribution in [0.25, 0.3) is 11.0 Å². The van der Waals surface area contributed by atoms with Gasteiger partial charge in [-0.2, -0.15) is 0 Å². The number of hydrogen-bond acceptors (Lipinski definition) is 5. The monoisotopic (exact) mass is 530 g/mol. The molecule has 1 aromatic heterocycles. The molecule has 0 bridgehead atoms. The molecule has 1 amide bonds. The molecule has 0 aliphatic heterocycles. The number of amides is 1. The largest absolute Gasteiger partial charge is 0.481 e. The number of aromatic nitrogens is 2. The van der Waals surface area contributed by atoms with Gasteiger partial charge in [0.05, 0.1) is 29.7 Å². The standard InChI is InChI=1S/C29H31FN6O3/c1-4-35-25-8-6-20(29(39)36(10-9-27(37)38)21-12-17(2)11-18(3)13-21)15-24(25)34-26(35)16-33-23-7-5-19(28(31)32)14-22(23)30/h5-8,11-15,33H,4,9-10,16H2,1-3H3,(H3,31,32)(H,37,38). The third-order valence-electron chi connectivity index (χ3n) is 6.42. The Bertz CT molecular complexity index is 1560. The first-order chi connectivity index (χ1) is 18.6. The highest BCUT2D eigenvalue weighted by molar-refractivity contribution is 6.08. The van der Waals surface area contributed by atoms with Crippen LogP contribution in [-0.2, 0) is 17.9 Å². The third kappa shape index (κ3) is 6.06. The molecule has 0 saturated carbocycles. The SMILES string of the molecule is CCn1c(CNc2ccc(C(=N)N)cc2F)nc2cc(C(=O)N(CCC(=O)O)c3cc(C)cc(C)c3)ccc21. The molecule has 202 valence electrons. The average molecular weight is 531 g/mol. The molecule has 0 saturated heterocycles. The number of carboxylic acid groups (broad SMARTS) is 1. The molecule has 3 aromatic carbocycles. The molecule has 5 N–H and O–H groups in total. The van der Waals surface area contributed by atoms with E-state index in [2.05, 4.69) is 5.32 Å². The van der Waals surface area contributed by atoms with E-state index in [-0.39, 0.29) is 36.9 Å². The molecule has 0 spiro atoms. The number of halogens is 1. The molecule has 10 heteroatoms. The molecule has 1 heterocycles. The number of carboxylic acids is 1. The summed E-state index contributed by atoms with van der Waals surface area (Å²) in [6.45, 7) is 6.70. The van der Waals surface area contributed by atoms with Crippen LogP contribution in [0.4, 0.5) is 15.8 Å². The summed E-state index contributed by atoms with van der Waals surface area (Å²) in [6.07, 6.45) is -0.189. The molecule has 0 atom stereocenters. The maximum absolute atomic E-state index is 14.5. The number of anilines is 2. The third-order valence-corrected chi connectivity index (χ3v) is 6.42. The summed E-state index contributed by atoms with van der Waals surface area (Å²) in [5.74, 6) is -1.38. The number of nitrogens with one attached hydrogen (secondary N) is 2. The second-order valence-corrected chi connectivity index (χ2v) is 9.38. The van der Waals surface area contributed by atoms with Crippen molar-refractivity contribution in [3.05, 3.63) is 88.5 Å². The lowest BCUT2D eigenvalue weighted by Gasteiger charge is -2.23. The molecule has 0 unspecified atom stereocenters. The quantitative estimate of drug-likeness (QED) is 0.171. The number of nitrogens with zero attached hydrogens (tertiary/aromatic N) is 3. The van der Waals surface area contributed by atoms with Crippen LogP contribution in [0.1, 0.15) is 46.2 Å². The minimum absolute atomic E-state index is 0.0294. The number of imidazole rings is 1. The molecule has 0 aliphatic carbocycles. The minimum atomic E-state index is -0.987. The highest BCUT2D eigenvalue weighted by atomic mass is 19.1. The number of carbonyl (C=O) groups excluding carboxylic acids is 1. The number of benzene rings is 3. The topological polar surface area (TPSA) is 137 Å². The van der Waals surface area contributed by atoms with Crippen molar-refractivity contribution in [3.63, 3.8) is 0 Å². The van der Waals surface area contributed by atoms with Crippen molar-refractivity contribution in [2.45, 2.75) is 40.3 Å². The lowest BCUT2D eigenvalue weighted by Crippen LogP contribution is -2.33. The van der Waals surface area contributed by atoms with Crippen LogP contribution >= 0.6 is 0 Å². The first-order valence-corrected chi connectivity index (χ1v) is 12.6. The number of hydrogen-bond donors (Lipinski definition) is 4. The summed E-state index contributed by atoms with van der Waals surface area (Å²) in [7, 11) is 0. The number of aryl methyl sites for hydroxylation is 3. The second-order valence-electron chi connectivity index (χ2n) is 9.38. The number of carbonyl (C=O) groups is 2. The van der Waals surface area contributed by atoms with Gasteiger partial charge in [0.2, 0.25) is 0 Å². The van der Waals surface area contributed by atoms with Crippen LogP contribution in [0.3, 0.4) is 0 Å². The summed E-state index contributed by atoms with van der Waals surface area (Å²) in [6, 6.07) is 15.3. The fraction of sp³-hybridized carbons (Fsp3) is 0.241. The van der Waals surface area contributed by atoms with E-state index in [4.69, 9.17) is 16.1 Å². The van der Waals surface area contributed by atoms with Crippen LogP contribution < -0.4 is 16.0 Å². The normalized spacial score (nSPS) is 11.0. The maximum atomic E-state index is 14.5. The summed E-state index contributed by atoms with van der Waals surface area (Å²) < 4.78 is 16.5. The van der Waals surface area contributed by atoms with Crippen molar-refractivity contribution in [2.24, 2.45) is 5.73 Å². The minimum Gasteiger partial charge on any atom is -0.481 e. The lowest BCUT2D eigenvalue weighted by molar-refractivity contribution is -0.136. The van der Waals surface area contributed by atoms with Crippen LogP contribution in [0.2, 0.25) is 0 Å². The van der Waals surface area contributed by atoms with Crippen LogP contribution in [0.5, 0.6) is 0 Å². The lowest BCUT2D eigenvalue weighted by atomic mass is 10.1. The van der Waals surface area contributed by atoms with Crippen LogP contribution in [0.15, 0.2) is 54.6 Å². The van der Waals surface area contributed by atoms with Crippen molar-refractivity contribution in [3.8, 4) is 0 Å². The molecule has 0 fully saturated rings. The number of nitrogens with two attached hydrogens (primary N) is 1. The Kier molecular flexibility index (Phi) is 7.94. The molecule has 4 aromatic rings. The number of amidine groups is 1. The van der Waals surface area contributed by atoms with Gasteiger partial charge in [-0.3, -0.25) is 15.0 Å². The summed E-state index contributed by atoms with van der Waals surface area (Å²) >= 11 is 0. The van der Waals surface area contributed by atoms with E-state index in [9.17, 15) is 19.1 Å². The summed E-state index contributed by atoms with van der Waals surface area (Å²) in [5, 5.41) is 19.8. The van der Waals surface area contributed by atoms with Crippen molar-refractivity contribution in [1.82, 2.24) is 9.55 Å². The Morgan fingerprint density at radius 1 is 1.08 bits per heavy atom. The van der Waals surface area contributed by atoms with Gasteiger partial charge in [-0.15, -0.1) is 0 Å². The van der Waals surface area contributed by atoms with Gasteiger partial charge in [-0.05, 0) is 80.4 Å². The van der Waals surface area contributed by atoms with Crippen molar-refractivity contribution < 1.29 is 19.1 Å².